The summed E-state index contributed by atoms with van der Waals surface area (Å²) in [6.07, 6.45) is 6.53. The summed E-state index contributed by atoms with van der Waals surface area (Å²) in [6, 6.07) is 0. The average Bonchev–Trinajstić information content (AvgIpc) is 2.93. The number of hydrogen-bond acceptors (Lipinski definition) is 4. The number of rotatable bonds is 6. The number of anilines is 1. The van der Waals surface area contributed by atoms with Gasteiger partial charge in [-0.25, -0.2) is 4.98 Å². The molecule has 102 valence electrons. The van der Waals surface area contributed by atoms with Crippen LogP contribution in [-0.4, -0.2) is 30.9 Å². The van der Waals surface area contributed by atoms with E-state index in [4.69, 9.17) is 18.0 Å². The van der Waals surface area contributed by atoms with Gasteiger partial charge in [0, 0.05) is 32.5 Å². The molecule has 0 aliphatic rings. The highest BCUT2D eigenvalue weighted by Crippen LogP contribution is 2.18. The van der Waals surface area contributed by atoms with E-state index in [1.54, 1.807) is 10.9 Å². The second kappa shape index (κ2) is 5.83. The molecule has 2 heterocycles. The fourth-order valence-corrected chi connectivity index (χ4v) is 2.29. The van der Waals surface area contributed by atoms with E-state index in [1.165, 1.54) is 0 Å². The molecular formula is C12H18N6S. The molecular weight excluding hydrogens is 260 g/mol. The standard InChI is InChI=1S/C12H18N6S/c1-9-10(11(13)19)12(17(2)16-9)15-4-3-6-18-7-5-14-8-18/h5,7-8,15H,3-4,6H2,1-2H3,(H2,13,19). The van der Waals surface area contributed by atoms with Crippen molar-refractivity contribution in [2.45, 2.75) is 19.9 Å². The van der Waals surface area contributed by atoms with Gasteiger partial charge in [-0.05, 0) is 13.3 Å². The van der Waals surface area contributed by atoms with Crippen molar-refractivity contribution in [2.75, 3.05) is 11.9 Å². The van der Waals surface area contributed by atoms with Gasteiger partial charge in [-0.3, -0.25) is 4.68 Å². The van der Waals surface area contributed by atoms with E-state index in [2.05, 4.69) is 15.4 Å². The van der Waals surface area contributed by atoms with Crippen LogP contribution < -0.4 is 11.1 Å². The van der Waals surface area contributed by atoms with Crippen LogP contribution in [0.3, 0.4) is 0 Å². The molecule has 0 spiro atoms. The van der Waals surface area contributed by atoms with E-state index < -0.39 is 0 Å². The van der Waals surface area contributed by atoms with E-state index in [1.807, 2.05) is 31.1 Å². The topological polar surface area (TPSA) is 73.7 Å². The van der Waals surface area contributed by atoms with Crippen LogP contribution >= 0.6 is 12.2 Å². The highest BCUT2D eigenvalue weighted by molar-refractivity contribution is 7.80. The minimum absolute atomic E-state index is 0.378. The van der Waals surface area contributed by atoms with Crippen LogP contribution in [0.15, 0.2) is 18.7 Å². The molecule has 2 aromatic heterocycles. The molecule has 0 saturated heterocycles. The number of nitrogens with two attached hydrogens (primary N) is 1. The van der Waals surface area contributed by atoms with Gasteiger partial charge in [-0.15, -0.1) is 0 Å². The van der Waals surface area contributed by atoms with Crippen LogP contribution in [0.1, 0.15) is 17.7 Å². The van der Waals surface area contributed by atoms with Gasteiger partial charge in [-0.2, -0.15) is 5.10 Å². The molecule has 0 radical (unpaired) electrons. The summed E-state index contributed by atoms with van der Waals surface area (Å²) < 4.78 is 3.83. The van der Waals surface area contributed by atoms with E-state index in [-0.39, 0.29) is 0 Å². The van der Waals surface area contributed by atoms with Gasteiger partial charge in [0.25, 0.3) is 0 Å². The van der Waals surface area contributed by atoms with Gasteiger partial charge < -0.3 is 15.6 Å². The van der Waals surface area contributed by atoms with Gasteiger partial charge in [0.2, 0.25) is 0 Å². The Balaban J connectivity index is 1.94. The molecule has 2 rings (SSSR count). The van der Waals surface area contributed by atoms with Crippen molar-refractivity contribution < 1.29 is 0 Å². The molecule has 7 heteroatoms. The summed E-state index contributed by atoms with van der Waals surface area (Å²) in [5.74, 6) is 0.885. The van der Waals surface area contributed by atoms with Crippen molar-refractivity contribution >= 4 is 23.0 Å². The minimum Gasteiger partial charge on any atom is -0.389 e. The van der Waals surface area contributed by atoms with Crippen molar-refractivity contribution in [2.24, 2.45) is 12.8 Å². The SMILES string of the molecule is Cc1nn(C)c(NCCCn2ccnc2)c1C(N)=S. The number of nitrogens with zero attached hydrogens (tertiary/aromatic N) is 4. The fourth-order valence-electron chi connectivity index (χ4n) is 2.04. The predicted molar refractivity (Wildman–Crippen MR) is 79.2 cm³/mol. The van der Waals surface area contributed by atoms with Gasteiger partial charge in [0.1, 0.15) is 10.8 Å². The first-order valence-corrected chi connectivity index (χ1v) is 6.53. The lowest BCUT2D eigenvalue weighted by Gasteiger charge is -2.09. The third-order valence-corrected chi connectivity index (χ3v) is 3.12. The molecule has 0 aliphatic heterocycles. The summed E-state index contributed by atoms with van der Waals surface area (Å²) in [5, 5.41) is 7.68. The average molecular weight is 278 g/mol. The molecule has 0 unspecified atom stereocenters. The first kappa shape index (κ1) is 13.5. The van der Waals surface area contributed by atoms with Crippen molar-refractivity contribution in [3.05, 3.63) is 30.0 Å². The summed E-state index contributed by atoms with van der Waals surface area (Å²) in [7, 11) is 1.88. The Hall–Kier alpha value is -1.89. The first-order valence-electron chi connectivity index (χ1n) is 6.12. The van der Waals surface area contributed by atoms with Crippen LogP contribution in [-0.2, 0) is 13.6 Å². The number of aryl methyl sites for hydroxylation is 3. The summed E-state index contributed by atoms with van der Waals surface area (Å²) in [4.78, 5) is 4.39. The lowest BCUT2D eigenvalue weighted by atomic mass is 10.2. The number of nitrogens with one attached hydrogen (secondary N) is 1. The fraction of sp³-hybridized carbons (Fsp3) is 0.417. The molecule has 0 aromatic carbocycles. The van der Waals surface area contributed by atoms with Crippen molar-refractivity contribution in [3.8, 4) is 0 Å². The molecule has 0 saturated carbocycles. The monoisotopic (exact) mass is 278 g/mol. The Kier molecular flexibility index (Phi) is 4.16. The van der Waals surface area contributed by atoms with E-state index in [0.29, 0.717) is 4.99 Å². The second-order valence-corrected chi connectivity index (χ2v) is 4.82. The van der Waals surface area contributed by atoms with Crippen LogP contribution in [0.2, 0.25) is 0 Å². The Morgan fingerprint density at radius 2 is 2.32 bits per heavy atom. The van der Waals surface area contributed by atoms with Gasteiger partial charge >= 0.3 is 0 Å². The number of hydrogen-bond donors (Lipinski definition) is 2. The van der Waals surface area contributed by atoms with Crippen LogP contribution in [0.5, 0.6) is 0 Å². The minimum atomic E-state index is 0.378. The smallest absolute Gasteiger partial charge is 0.134 e. The zero-order valence-corrected chi connectivity index (χ0v) is 11.9. The molecule has 0 amide bonds. The first-order chi connectivity index (χ1) is 9.09. The van der Waals surface area contributed by atoms with Crippen LogP contribution in [0, 0.1) is 6.92 Å². The van der Waals surface area contributed by atoms with E-state index in [0.717, 1.165) is 36.6 Å². The van der Waals surface area contributed by atoms with Gasteiger partial charge in [0.15, 0.2) is 0 Å². The maximum Gasteiger partial charge on any atom is 0.134 e. The Labute approximate surface area is 117 Å². The number of imidazole rings is 1. The molecule has 0 aliphatic carbocycles. The maximum atomic E-state index is 5.74. The third-order valence-electron chi connectivity index (χ3n) is 2.91. The predicted octanol–water partition coefficient (Wildman–Crippen LogP) is 1.06. The quantitative estimate of drug-likeness (QED) is 0.610. The van der Waals surface area contributed by atoms with E-state index >= 15 is 0 Å². The number of thiocarbonyl (C=S) groups is 1. The Bertz CT molecular complexity index is 557. The molecule has 0 fully saturated rings. The lowest BCUT2D eigenvalue weighted by Crippen LogP contribution is -2.15. The largest absolute Gasteiger partial charge is 0.389 e. The highest BCUT2D eigenvalue weighted by Gasteiger charge is 2.14. The zero-order chi connectivity index (χ0) is 13.8. The Morgan fingerprint density at radius 1 is 1.53 bits per heavy atom. The summed E-state index contributed by atoms with van der Waals surface area (Å²) >= 11 is 5.07. The van der Waals surface area contributed by atoms with Gasteiger partial charge in [-0.1, -0.05) is 12.2 Å². The summed E-state index contributed by atoms with van der Waals surface area (Å²) in [6.45, 7) is 3.66. The normalized spacial score (nSPS) is 10.6. The van der Waals surface area contributed by atoms with Crippen molar-refractivity contribution in [1.82, 2.24) is 19.3 Å². The van der Waals surface area contributed by atoms with Gasteiger partial charge in [0.05, 0.1) is 17.6 Å². The molecule has 2 aromatic rings. The lowest BCUT2D eigenvalue weighted by molar-refractivity contribution is 0.656. The van der Waals surface area contributed by atoms with Crippen molar-refractivity contribution in [1.29, 1.82) is 0 Å². The molecule has 6 nitrogen and oxygen atoms in total. The maximum absolute atomic E-state index is 5.74. The van der Waals surface area contributed by atoms with E-state index in [9.17, 15) is 0 Å². The highest BCUT2D eigenvalue weighted by atomic mass is 32.1. The zero-order valence-electron chi connectivity index (χ0n) is 11.1. The van der Waals surface area contributed by atoms with Crippen molar-refractivity contribution in [3.63, 3.8) is 0 Å². The second-order valence-electron chi connectivity index (χ2n) is 4.38. The molecule has 19 heavy (non-hydrogen) atoms. The Morgan fingerprint density at radius 3 is 2.95 bits per heavy atom. The van der Waals surface area contributed by atoms with Crippen LogP contribution in [0.4, 0.5) is 5.82 Å². The number of aromatic nitrogens is 4. The molecule has 3 N–H and O–H groups in total. The third kappa shape index (κ3) is 3.11. The summed E-state index contributed by atoms with van der Waals surface area (Å²) in [5.41, 5.74) is 7.42. The molecule has 0 bridgehead atoms. The van der Waals surface area contributed by atoms with Crippen LogP contribution in [0.25, 0.3) is 0 Å². The molecule has 0 atom stereocenters.